The molecule has 0 saturated heterocycles. The van der Waals surface area contributed by atoms with E-state index in [2.05, 4.69) is 15.1 Å². The number of hydrogen-bond donors (Lipinski definition) is 0. The van der Waals surface area contributed by atoms with Crippen molar-refractivity contribution in [2.45, 2.75) is 0 Å². The minimum Gasteiger partial charge on any atom is -0.298 e. The van der Waals surface area contributed by atoms with Gasteiger partial charge in [-0.25, -0.2) is 4.68 Å². The quantitative estimate of drug-likeness (QED) is 0.339. The maximum atomic E-state index is 10.7. The van der Waals surface area contributed by atoms with Crippen LogP contribution in [0.25, 0.3) is 16.1 Å². The molecule has 0 fully saturated rings. The smallest absolute Gasteiger partial charge is 0.153 e. The van der Waals surface area contributed by atoms with Crippen molar-refractivity contribution in [2.75, 3.05) is 0 Å². The van der Waals surface area contributed by atoms with E-state index in [0.29, 0.717) is 6.29 Å². The molecule has 6 heteroatoms. The van der Waals surface area contributed by atoms with Crippen molar-refractivity contribution in [3.63, 3.8) is 0 Å². The molecule has 1 aromatic carbocycles. The first-order chi connectivity index (χ1) is 7.86. The van der Waals surface area contributed by atoms with E-state index in [-0.39, 0.29) is 11.4 Å². The molecule has 1 heterocycles. The summed E-state index contributed by atoms with van der Waals surface area (Å²) >= 11 is 0. The summed E-state index contributed by atoms with van der Waals surface area (Å²) < 4.78 is 1.42. The molecule has 0 aliphatic heterocycles. The summed E-state index contributed by atoms with van der Waals surface area (Å²) in [7, 11) is 0. The van der Waals surface area contributed by atoms with Crippen LogP contribution >= 0.6 is 0 Å². The van der Waals surface area contributed by atoms with Crippen molar-refractivity contribution in [3.8, 4) is 5.69 Å². The van der Waals surface area contributed by atoms with Crippen LogP contribution in [0.1, 0.15) is 10.4 Å². The number of aldehydes is 1. The Morgan fingerprint density at radius 3 is 2.75 bits per heavy atom. The number of hydrogen-bond acceptors (Lipinski definition) is 3. The van der Waals surface area contributed by atoms with Crippen molar-refractivity contribution in [1.29, 1.82) is 0 Å². The lowest BCUT2D eigenvalue weighted by atomic mass is 10.3. The van der Waals surface area contributed by atoms with Crippen molar-refractivity contribution < 1.29 is 4.79 Å². The molecular formula is C10H7N5O. The fourth-order valence-electron chi connectivity index (χ4n) is 1.34. The monoisotopic (exact) mass is 213 g/mol. The summed E-state index contributed by atoms with van der Waals surface area (Å²) in [5.41, 5.74) is 9.43. The topological polar surface area (TPSA) is 83.7 Å². The van der Waals surface area contributed by atoms with Gasteiger partial charge in [-0.1, -0.05) is 18.2 Å². The van der Waals surface area contributed by atoms with E-state index in [1.54, 1.807) is 12.1 Å². The molecule has 0 radical (unpaired) electrons. The Bertz CT molecular complexity index is 554. The summed E-state index contributed by atoms with van der Waals surface area (Å²) in [5, 5.41) is 7.46. The lowest BCUT2D eigenvalue weighted by molar-refractivity contribution is 0.112. The molecule has 0 amide bonds. The lowest BCUT2D eigenvalue weighted by Gasteiger charge is -2.02. The van der Waals surface area contributed by atoms with E-state index in [0.717, 1.165) is 5.69 Å². The number of azide groups is 1. The van der Waals surface area contributed by atoms with Gasteiger partial charge < -0.3 is 0 Å². The first-order valence-electron chi connectivity index (χ1n) is 4.50. The van der Waals surface area contributed by atoms with Crippen LogP contribution in [-0.4, -0.2) is 16.1 Å². The Morgan fingerprint density at radius 1 is 1.38 bits per heavy atom. The van der Waals surface area contributed by atoms with E-state index in [4.69, 9.17) is 5.53 Å². The molecule has 0 bridgehead atoms. The maximum absolute atomic E-state index is 10.7. The molecule has 16 heavy (non-hydrogen) atoms. The zero-order chi connectivity index (χ0) is 11.4. The van der Waals surface area contributed by atoms with Gasteiger partial charge in [-0.3, -0.25) is 4.79 Å². The summed E-state index contributed by atoms with van der Waals surface area (Å²) in [6.07, 6.45) is 1.97. The zero-order valence-electron chi connectivity index (χ0n) is 8.19. The summed E-state index contributed by atoms with van der Waals surface area (Å²) in [5.74, 6) is 0.198. The molecule has 2 aromatic rings. The fraction of sp³-hybridized carbons (Fsp3) is 0. The molecule has 0 unspecified atom stereocenters. The van der Waals surface area contributed by atoms with Gasteiger partial charge in [0.15, 0.2) is 6.29 Å². The molecular weight excluding hydrogens is 206 g/mol. The SMILES string of the molecule is [N-]=[N+]=Nc1c(C=O)cnn1-c1ccccc1. The number of nitrogens with zero attached hydrogens (tertiary/aromatic N) is 5. The highest BCUT2D eigenvalue weighted by molar-refractivity contribution is 5.81. The van der Waals surface area contributed by atoms with E-state index >= 15 is 0 Å². The van der Waals surface area contributed by atoms with E-state index in [9.17, 15) is 4.79 Å². The Kier molecular flexibility index (Phi) is 2.67. The van der Waals surface area contributed by atoms with Gasteiger partial charge in [0.05, 0.1) is 17.4 Å². The Labute approximate surface area is 90.8 Å². The van der Waals surface area contributed by atoms with E-state index in [1.807, 2.05) is 18.2 Å². The van der Waals surface area contributed by atoms with Gasteiger partial charge in [-0.05, 0) is 22.8 Å². The highest BCUT2D eigenvalue weighted by atomic mass is 16.1. The van der Waals surface area contributed by atoms with Crippen LogP contribution < -0.4 is 0 Å². The van der Waals surface area contributed by atoms with Gasteiger partial charge >= 0.3 is 0 Å². The molecule has 6 nitrogen and oxygen atoms in total. The van der Waals surface area contributed by atoms with Crippen molar-refractivity contribution >= 4 is 12.1 Å². The molecule has 0 N–H and O–H groups in total. The number of carbonyl (C=O) groups excluding carboxylic acids is 1. The minimum absolute atomic E-state index is 0.198. The second-order valence-corrected chi connectivity index (χ2v) is 2.98. The lowest BCUT2D eigenvalue weighted by Crippen LogP contribution is -1.94. The summed E-state index contributed by atoms with van der Waals surface area (Å²) in [6, 6.07) is 9.13. The number of carbonyl (C=O) groups is 1. The Balaban J connectivity index is 2.62. The molecule has 0 spiro atoms. The van der Waals surface area contributed by atoms with Crippen LogP contribution in [-0.2, 0) is 0 Å². The number of para-hydroxylation sites is 1. The zero-order valence-corrected chi connectivity index (χ0v) is 8.19. The largest absolute Gasteiger partial charge is 0.298 e. The van der Waals surface area contributed by atoms with Crippen molar-refractivity contribution in [3.05, 3.63) is 52.5 Å². The second kappa shape index (κ2) is 4.29. The third kappa shape index (κ3) is 1.65. The van der Waals surface area contributed by atoms with Crippen LogP contribution in [0.15, 0.2) is 41.6 Å². The second-order valence-electron chi connectivity index (χ2n) is 2.98. The van der Waals surface area contributed by atoms with Gasteiger partial charge in [-0.15, -0.1) is 0 Å². The summed E-state index contributed by atoms with van der Waals surface area (Å²) in [6.45, 7) is 0. The third-order valence-electron chi connectivity index (χ3n) is 2.04. The highest BCUT2D eigenvalue weighted by Crippen LogP contribution is 2.21. The van der Waals surface area contributed by atoms with E-state index in [1.165, 1.54) is 10.9 Å². The molecule has 1 aromatic heterocycles. The number of rotatable bonds is 3. The van der Waals surface area contributed by atoms with Crippen molar-refractivity contribution in [1.82, 2.24) is 9.78 Å². The Morgan fingerprint density at radius 2 is 2.12 bits per heavy atom. The third-order valence-corrected chi connectivity index (χ3v) is 2.04. The molecule has 0 aliphatic carbocycles. The van der Waals surface area contributed by atoms with E-state index < -0.39 is 0 Å². The molecule has 78 valence electrons. The predicted molar refractivity (Wildman–Crippen MR) is 57.8 cm³/mol. The first-order valence-corrected chi connectivity index (χ1v) is 4.50. The number of aromatic nitrogens is 2. The van der Waals surface area contributed by atoms with Gasteiger partial charge in [0.1, 0.15) is 5.82 Å². The highest BCUT2D eigenvalue weighted by Gasteiger charge is 2.09. The van der Waals surface area contributed by atoms with Crippen LogP contribution in [0.4, 0.5) is 5.82 Å². The normalized spacial score (nSPS) is 9.50. The van der Waals surface area contributed by atoms with Gasteiger partial charge in [0, 0.05) is 4.91 Å². The minimum atomic E-state index is 0.198. The van der Waals surface area contributed by atoms with Crippen LogP contribution in [0.2, 0.25) is 0 Å². The van der Waals surface area contributed by atoms with Crippen LogP contribution in [0.3, 0.4) is 0 Å². The van der Waals surface area contributed by atoms with Crippen LogP contribution in [0.5, 0.6) is 0 Å². The van der Waals surface area contributed by atoms with Gasteiger partial charge in [-0.2, -0.15) is 5.10 Å². The molecule has 0 saturated carbocycles. The number of benzene rings is 1. The predicted octanol–water partition coefficient (Wildman–Crippen LogP) is 2.63. The summed E-state index contributed by atoms with van der Waals surface area (Å²) in [4.78, 5) is 13.4. The first kappa shape index (κ1) is 9.95. The fourth-order valence-corrected chi connectivity index (χ4v) is 1.34. The van der Waals surface area contributed by atoms with Gasteiger partial charge in [0.2, 0.25) is 0 Å². The molecule has 2 rings (SSSR count). The average molecular weight is 213 g/mol. The Hall–Kier alpha value is -2.59. The molecule has 0 aliphatic rings. The van der Waals surface area contributed by atoms with Gasteiger partial charge in [0.25, 0.3) is 0 Å². The van der Waals surface area contributed by atoms with Crippen LogP contribution in [0, 0.1) is 0 Å². The van der Waals surface area contributed by atoms with Crippen molar-refractivity contribution in [2.24, 2.45) is 5.11 Å². The molecule has 0 atom stereocenters. The maximum Gasteiger partial charge on any atom is 0.153 e. The average Bonchev–Trinajstić information content (AvgIpc) is 2.74. The standard InChI is InChI=1S/C10H7N5O/c11-14-13-10-8(7-16)6-12-15(10)9-4-2-1-3-5-9/h1-7H.